The first-order chi connectivity index (χ1) is 11.2. The van der Waals surface area contributed by atoms with Crippen molar-refractivity contribution in [2.45, 2.75) is 25.9 Å². The molecule has 3 aromatic rings. The summed E-state index contributed by atoms with van der Waals surface area (Å²) < 4.78 is 0. The normalized spacial score (nSPS) is 12.0. The Morgan fingerprint density at radius 3 is 2.74 bits per heavy atom. The van der Waals surface area contributed by atoms with Gasteiger partial charge in [0.1, 0.15) is 0 Å². The van der Waals surface area contributed by atoms with Gasteiger partial charge in [0.15, 0.2) is 0 Å². The van der Waals surface area contributed by atoms with Crippen molar-refractivity contribution < 1.29 is 4.79 Å². The molecule has 2 N–H and O–H groups in total. The summed E-state index contributed by atoms with van der Waals surface area (Å²) in [6.45, 7) is 2.55. The van der Waals surface area contributed by atoms with E-state index in [-0.39, 0.29) is 12.1 Å². The number of fused-ring (bicyclic) bond motifs is 1. The second-order valence-electron chi connectivity index (χ2n) is 5.65. The Balaban J connectivity index is 1.56. The molecule has 3 nitrogen and oxygen atoms in total. The Bertz CT molecular complexity index is 778. The van der Waals surface area contributed by atoms with Gasteiger partial charge in [0.2, 0.25) is 0 Å². The molecule has 0 saturated heterocycles. The lowest BCUT2D eigenvalue weighted by Crippen LogP contribution is -2.41. The number of thiophene rings is 1. The maximum atomic E-state index is 12.1. The average molecular weight is 324 g/mol. The largest absolute Gasteiger partial charge is 0.335 e. The number of carbonyl (C=O) groups is 1. The third kappa shape index (κ3) is 4.11. The molecular weight excluding hydrogens is 304 g/mol. The zero-order valence-electron chi connectivity index (χ0n) is 13.1. The van der Waals surface area contributed by atoms with Crippen LogP contribution in [-0.4, -0.2) is 12.1 Å². The molecule has 1 unspecified atom stereocenters. The van der Waals surface area contributed by atoms with Crippen molar-refractivity contribution in [1.82, 2.24) is 10.6 Å². The van der Waals surface area contributed by atoms with Gasteiger partial charge in [0.25, 0.3) is 0 Å². The van der Waals surface area contributed by atoms with Gasteiger partial charge in [-0.25, -0.2) is 4.79 Å². The summed E-state index contributed by atoms with van der Waals surface area (Å²) in [7, 11) is 0. The Kier molecular flexibility index (Phi) is 4.93. The van der Waals surface area contributed by atoms with Gasteiger partial charge in [-0.05, 0) is 34.7 Å². The highest BCUT2D eigenvalue weighted by atomic mass is 32.1. The molecule has 0 spiro atoms. The molecule has 0 aliphatic heterocycles. The van der Waals surface area contributed by atoms with E-state index in [2.05, 4.69) is 46.3 Å². The Morgan fingerprint density at radius 1 is 1.09 bits per heavy atom. The first-order valence-electron chi connectivity index (χ1n) is 7.76. The van der Waals surface area contributed by atoms with Gasteiger partial charge >= 0.3 is 6.03 Å². The third-order valence-corrected chi connectivity index (χ3v) is 4.68. The summed E-state index contributed by atoms with van der Waals surface area (Å²) in [5, 5.41) is 10.4. The summed E-state index contributed by atoms with van der Waals surface area (Å²) in [6.07, 6.45) is 0.860. The predicted octanol–water partition coefficient (Wildman–Crippen LogP) is 4.33. The van der Waals surface area contributed by atoms with Crippen molar-refractivity contribution in [2.75, 3.05) is 0 Å². The van der Waals surface area contributed by atoms with E-state index in [9.17, 15) is 4.79 Å². The molecular formula is C19H20N2OS. The molecule has 1 heterocycles. The fourth-order valence-corrected chi connectivity index (χ4v) is 3.51. The van der Waals surface area contributed by atoms with E-state index in [1.54, 1.807) is 11.3 Å². The number of nitrogens with one attached hydrogen (secondary N) is 2. The first kappa shape index (κ1) is 15.6. The lowest BCUT2D eigenvalue weighted by Gasteiger charge is -2.14. The standard InChI is InChI=1S/C19H20N2OS/c1-14(12-17-9-5-11-23-17)21-19(22)20-13-16-8-4-7-15-6-2-3-10-18(15)16/h2-11,14H,12-13H2,1H3,(H2,20,21,22). The van der Waals surface area contributed by atoms with Crippen molar-refractivity contribution >= 4 is 28.1 Å². The van der Waals surface area contributed by atoms with E-state index in [0.29, 0.717) is 6.54 Å². The average Bonchev–Trinajstić information content (AvgIpc) is 3.05. The monoisotopic (exact) mass is 324 g/mol. The maximum absolute atomic E-state index is 12.1. The summed E-state index contributed by atoms with van der Waals surface area (Å²) >= 11 is 1.72. The quantitative estimate of drug-likeness (QED) is 0.720. The molecule has 0 saturated carbocycles. The van der Waals surface area contributed by atoms with Crippen molar-refractivity contribution in [3.05, 3.63) is 70.4 Å². The highest BCUT2D eigenvalue weighted by Crippen LogP contribution is 2.18. The number of hydrogen-bond acceptors (Lipinski definition) is 2. The van der Waals surface area contributed by atoms with E-state index < -0.39 is 0 Å². The van der Waals surface area contributed by atoms with Crippen molar-refractivity contribution in [1.29, 1.82) is 0 Å². The van der Waals surface area contributed by atoms with Crippen LogP contribution in [0.25, 0.3) is 10.8 Å². The van der Waals surface area contributed by atoms with Gasteiger partial charge in [-0.1, -0.05) is 48.5 Å². The molecule has 0 fully saturated rings. The molecule has 2 aromatic carbocycles. The molecule has 0 aliphatic rings. The summed E-state index contributed by atoms with van der Waals surface area (Å²) in [5.74, 6) is 0. The lowest BCUT2D eigenvalue weighted by atomic mass is 10.0. The van der Waals surface area contributed by atoms with Gasteiger partial charge in [0.05, 0.1) is 0 Å². The number of hydrogen-bond donors (Lipinski definition) is 2. The Hall–Kier alpha value is -2.33. The van der Waals surface area contributed by atoms with Crippen LogP contribution in [0, 0.1) is 0 Å². The number of rotatable bonds is 5. The van der Waals surface area contributed by atoms with Crippen LogP contribution in [0.1, 0.15) is 17.4 Å². The van der Waals surface area contributed by atoms with E-state index in [1.165, 1.54) is 15.6 Å². The number of amides is 2. The van der Waals surface area contributed by atoms with Crippen molar-refractivity contribution in [3.63, 3.8) is 0 Å². The number of benzene rings is 2. The molecule has 0 aliphatic carbocycles. The minimum absolute atomic E-state index is 0.112. The SMILES string of the molecule is CC(Cc1cccs1)NC(=O)NCc1cccc2ccccc12. The summed E-state index contributed by atoms with van der Waals surface area (Å²) in [5.41, 5.74) is 1.13. The Morgan fingerprint density at radius 2 is 1.91 bits per heavy atom. The fourth-order valence-electron chi connectivity index (χ4n) is 2.68. The van der Waals surface area contributed by atoms with Crippen molar-refractivity contribution in [2.24, 2.45) is 0 Å². The minimum atomic E-state index is -0.123. The van der Waals surface area contributed by atoms with Crippen molar-refractivity contribution in [3.8, 4) is 0 Å². The molecule has 4 heteroatoms. The van der Waals surface area contributed by atoms with E-state index in [4.69, 9.17) is 0 Å². The maximum Gasteiger partial charge on any atom is 0.315 e. The molecule has 118 valence electrons. The zero-order valence-corrected chi connectivity index (χ0v) is 13.9. The predicted molar refractivity (Wildman–Crippen MR) is 96.8 cm³/mol. The van der Waals surface area contributed by atoms with E-state index >= 15 is 0 Å². The Labute approximate surface area is 140 Å². The number of carbonyl (C=O) groups excluding carboxylic acids is 1. The van der Waals surface area contributed by atoms with Crippen LogP contribution in [0.5, 0.6) is 0 Å². The topological polar surface area (TPSA) is 41.1 Å². The summed E-state index contributed by atoms with van der Waals surface area (Å²) in [4.78, 5) is 13.4. The van der Waals surface area contributed by atoms with Gasteiger partial charge in [0, 0.05) is 23.9 Å². The van der Waals surface area contributed by atoms with Gasteiger partial charge in [-0.15, -0.1) is 11.3 Å². The van der Waals surface area contributed by atoms with Crippen LogP contribution in [0.15, 0.2) is 60.0 Å². The van der Waals surface area contributed by atoms with Crippen LogP contribution < -0.4 is 10.6 Å². The van der Waals surface area contributed by atoms with Crippen LogP contribution in [0.2, 0.25) is 0 Å². The molecule has 0 bridgehead atoms. The van der Waals surface area contributed by atoms with Crippen LogP contribution in [0.4, 0.5) is 4.79 Å². The molecule has 0 radical (unpaired) electrons. The molecule has 1 aromatic heterocycles. The van der Waals surface area contributed by atoms with Crippen LogP contribution in [0.3, 0.4) is 0 Å². The molecule has 1 atom stereocenters. The second kappa shape index (κ2) is 7.29. The first-order valence-corrected chi connectivity index (χ1v) is 8.64. The smallest absolute Gasteiger partial charge is 0.315 e. The third-order valence-electron chi connectivity index (χ3n) is 3.78. The van der Waals surface area contributed by atoms with E-state index in [1.807, 2.05) is 31.2 Å². The molecule has 3 rings (SSSR count). The number of urea groups is 1. The highest BCUT2D eigenvalue weighted by molar-refractivity contribution is 7.09. The molecule has 2 amide bonds. The highest BCUT2D eigenvalue weighted by Gasteiger charge is 2.09. The molecule has 23 heavy (non-hydrogen) atoms. The van der Waals surface area contributed by atoms with E-state index in [0.717, 1.165) is 12.0 Å². The summed E-state index contributed by atoms with van der Waals surface area (Å²) in [6, 6.07) is 18.5. The second-order valence-corrected chi connectivity index (χ2v) is 6.68. The van der Waals surface area contributed by atoms with Gasteiger partial charge < -0.3 is 10.6 Å². The minimum Gasteiger partial charge on any atom is -0.335 e. The van der Waals surface area contributed by atoms with Crippen LogP contribution in [-0.2, 0) is 13.0 Å². The lowest BCUT2D eigenvalue weighted by molar-refractivity contribution is 0.237. The zero-order chi connectivity index (χ0) is 16.1. The van der Waals surface area contributed by atoms with Gasteiger partial charge in [-0.3, -0.25) is 0 Å². The van der Waals surface area contributed by atoms with Gasteiger partial charge in [-0.2, -0.15) is 0 Å². The fraction of sp³-hybridized carbons (Fsp3) is 0.211. The van der Waals surface area contributed by atoms with Crippen LogP contribution >= 0.6 is 11.3 Å².